The summed E-state index contributed by atoms with van der Waals surface area (Å²) < 4.78 is 5.27. The van der Waals surface area contributed by atoms with Crippen molar-refractivity contribution in [2.24, 2.45) is 11.8 Å². The molecule has 1 aromatic rings. The van der Waals surface area contributed by atoms with E-state index in [4.69, 9.17) is 16.3 Å². The van der Waals surface area contributed by atoms with Crippen molar-refractivity contribution in [3.63, 3.8) is 0 Å². The molecule has 0 aliphatic heterocycles. The van der Waals surface area contributed by atoms with Gasteiger partial charge in [0.1, 0.15) is 10.8 Å². The largest absolute Gasteiger partial charge is 0.444 e. The van der Waals surface area contributed by atoms with Crippen molar-refractivity contribution in [3.05, 3.63) is 23.0 Å². The lowest BCUT2D eigenvalue weighted by Gasteiger charge is -2.29. The number of nitrogens with zero attached hydrogens (tertiary/aromatic N) is 1. The van der Waals surface area contributed by atoms with E-state index in [9.17, 15) is 9.59 Å². The summed E-state index contributed by atoms with van der Waals surface area (Å²) in [4.78, 5) is 27.5. The van der Waals surface area contributed by atoms with Gasteiger partial charge in [-0.05, 0) is 71.3 Å². The summed E-state index contributed by atoms with van der Waals surface area (Å²) in [7, 11) is 0. The summed E-state index contributed by atoms with van der Waals surface area (Å²) in [5.74, 6) is 0.991. The van der Waals surface area contributed by atoms with Gasteiger partial charge >= 0.3 is 6.09 Å². The van der Waals surface area contributed by atoms with Crippen molar-refractivity contribution in [1.29, 1.82) is 0 Å². The summed E-state index contributed by atoms with van der Waals surface area (Å²) in [6, 6.07) is 1.70. The van der Waals surface area contributed by atoms with Crippen LogP contribution in [-0.4, -0.2) is 35.6 Å². The van der Waals surface area contributed by atoms with Crippen molar-refractivity contribution in [1.82, 2.24) is 10.3 Å². The number of hydrogen-bond acceptors (Lipinski definition) is 5. The van der Waals surface area contributed by atoms with Crippen LogP contribution < -0.4 is 10.6 Å². The molecule has 0 spiro atoms. The van der Waals surface area contributed by atoms with E-state index in [1.54, 1.807) is 6.07 Å². The molecule has 2 N–H and O–H groups in total. The monoisotopic (exact) mass is 395 g/mol. The summed E-state index contributed by atoms with van der Waals surface area (Å²) in [6.45, 7) is 8.56. The van der Waals surface area contributed by atoms with Gasteiger partial charge in [0, 0.05) is 25.0 Å². The predicted molar refractivity (Wildman–Crippen MR) is 107 cm³/mol. The molecule has 0 atom stereocenters. The number of nitrogens with one attached hydrogen (secondary N) is 2. The van der Waals surface area contributed by atoms with Gasteiger partial charge < -0.3 is 15.4 Å². The number of Topliss-reactive ketones (excluding diaryl/α,β-unsaturated/α-hetero) is 1. The molecule has 150 valence electrons. The zero-order chi connectivity index (χ0) is 20.0. The highest BCUT2D eigenvalue weighted by Gasteiger charge is 2.23. The van der Waals surface area contributed by atoms with Gasteiger partial charge in [-0.25, -0.2) is 9.78 Å². The fraction of sp³-hybridized carbons (Fsp3) is 0.650. The molecule has 1 fully saturated rings. The molecule has 1 aliphatic rings. The van der Waals surface area contributed by atoms with Gasteiger partial charge in [0.15, 0.2) is 5.78 Å². The number of amides is 1. The van der Waals surface area contributed by atoms with Crippen molar-refractivity contribution in [3.8, 4) is 0 Å². The fourth-order valence-corrected chi connectivity index (χ4v) is 3.45. The number of halogens is 1. The van der Waals surface area contributed by atoms with Crippen molar-refractivity contribution in [2.45, 2.75) is 59.0 Å². The quantitative estimate of drug-likeness (QED) is 0.540. The number of rotatable bonds is 6. The Kier molecular flexibility index (Phi) is 7.48. The van der Waals surface area contributed by atoms with Crippen LogP contribution in [0.4, 0.5) is 10.5 Å². The number of anilines is 1. The van der Waals surface area contributed by atoms with Gasteiger partial charge in [0.05, 0.1) is 5.56 Å². The van der Waals surface area contributed by atoms with Gasteiger partial charge in [-0.2, -0.15) is 0 Å². The first kappa shape index (κ1) is 21.5. The van der Waals surface area contributed by atoms with Gasteiger partial charge in [0.25, 0.3) is 0 Å². The second-order valence-corrected chi connectivity index (χ2v) is 8.65. The Morgan fingerprint density at radius 3 is 2.33 bits per heavy atom. The fourth-order valence-electron chi connectivity index (χ4n) is 3.29. The number of pyridine rings is 1. The number of aromatic nitrogens is 1. The number of ether oxygens (including phenoxy) is 1. The third-order valence-corrected chi connectivity index (χ3v) is 4.94. The van der Waals surface area contributed by atoms with Gasteiger partial charge in [-0.15, -0.1) is 0 Å². The average molecular weight is 396 g/mol. The second kappa shape index (κ2) is 9.40. The maximum atomic E-state index is 11.8. The van der Waals surface area contributed by atoms with Crippen molar-refractivity contribution in [2.75, 3.05) is 18.4 Å². The number of hydrogen-bond donors (Lipinski definition) is 2. The van der Waals surface area contributed by atoms with Crippen LogP contribution >= 0.6 is 11.6 Å². The summed E-state index contributed by atoms with van der Waals surface area (Å²) in [5.41, 5.74) is 0.841. The van der Waals surface area contributed by atoms with E-state index >= 15 is 0 Å². The topological polar surface area (TPSA) is 80.3 Å². The van der Waals surface area contributed by atoms with E-state index in [0.29, 0.717) is 29.1 Å². The van der Waals surface area contributed by atoms with Crippen LogP contribution in [0.3, 0.4) is 0 Å². The maximum Gasteiger partial charge on any atom is 0.407 e. The summed E-state index contributed by atoms with van der Waals surface area (Å²) >= 11 is 5.96. The van der Waals surface area contributed by atoms with E-state index in [1.807, 2.05) is 20.8 Å². The number of alkyl carbamates (subject to hydrolysis) is 1. The Bertz CT molecular complexity index is 665. The van der Waals surface area contributed by atoms with Crippen LogP contribution in [0.5, 0.6) is 0 Å². The lowest BCUT2D eigenvalue weighted by atomic mass is 9.82. The molecule has 1 amide bonds. The van der Waals surface area contributed by atoms with E-state index < -0.39 is 5.60 Å². The van der Waals surface area contributed by atoms with Crippen LogP contribution in [0.25, 0.3) is 0 Å². The third kappa shape index (κ3) is 7.37. The molecule has 1 heterocycles. The Hall–Kier alpha value is -1.82. The van der Waals surface area contributed by atoms with E-state index in [0.717, 1.165) is 37.9 Å². The normalized spacial score (nSPS) is 20.0. The minimum Gasteiger partial charge on any atom is -0.444 e. The molecular weight excluding hydrogens is 366 g/mol. The predicted octanol–water partition coefficient (Wildman–Crippen LogP) is 4.68. The van der Waals surface area contributed by atoms with Gasteiger partial charge in [-0.3, -0.25) is 4.79 Å². The Morgan fingerprint density at radius 1 is 1.19 bits per heavy atom. The number of carbonyl (C=O) groups is 2. The Labute approximate surface area is 166 Å². The minimum absolute atomic E-state index is 0.0291. The van der Waals surface area contributed by atoms with Gasteiger partial charge in [-0.1, -0.05) is 11.6 Å². The molecule has 6 nitrogen and oxygen atoms in total. The zero-order valence-corrected chi connectivity index (χ0v) is 17.4. The Balaban J connectivity index is 1.75. The molecule has 1 aliphatic carbocycles. The molecule has 1 aromatic heterocycles. The molecule has 7 heteroatoms. The molecule has 1 saturated carbocycles. The average Bonchev–Trinajstić information content (AvgIpc) is 2.57. The highest BCUT2D eigenvalue weighted by molar-refractivity contribution is 6.29. The maximum absolute atomic E-state index is 11.8. The highest BCUT2D eigenvalue weighted by Crippen LogP contribution is 2.29. The number of carbonyl (C=O) groups excluding carboxylic acids is 2. The zero-order valence-electron chi connectivity index (χ0n) is 16.6. The molecule has 27 heavy (non-hydrogen) atoms. The second-order valence-electron chi connectivity index (χ2n) is 8.26. The number of ketones is 1. The molecule has 0 radical (unpaired) electrons. The molecular formula is C20H30ClN3O3. The molecule has 0 saturated heterocycles. The Morgan fingerprint density at radius 2 is 1.78 bits per heavy atom. The minimum atomic E-state index is -0.470. The standard InChI is InChI=1S/C20H30ClN3O3/c1-13(25)16-12-23-18(21)9-17(16)22-10-14-5-7-15(8-6-14)11-24-19(26)27-20(2,3)4/h9,12,14-15H,5-8,10-11H2,1-4H3,(H,22,23)(H,24,26). The molecule has 0 bridgehead atoms. The van der Waals surface area contributed by atoms with Crippen molar-refractivity contribution < 1.29 is 14.3 Å². The van der Waals surface area contributed by atoms with E-state index in [-0.39, 0.29) is 11.9 Å². The first-order valence-corrected chi connectivity index (χ1v) is 9.89. The lowest BCUT2D eigenvalue weighted by Crippen LogP contribution is -2.36. The van der Waals surface area contributed by atoms with Gasteiger partial charge in [0.2, 0.25) is 0 Å². The van der Waals surface area contributed by atoms with Crippen LogP contribution in [-0.2, 0) is 4.74 Å². The summed E-state index contributed by atoms with van der Waals surface area (Å²) in [6.07, 6.45) is 5.48. The molecule has 2 rings (SSSR count). The smallest absolute Gasteiger partial charge is 0.407 e. The van der Waals surface area contributed by atoms with E-state index in [1.165, 1.54) is 13.1 Å². The van der Waals surface area contributed by atoms with E-state index in [2.05, 4.69) is 15.6 Å². The SMILES string of the molecule is CC(=O)c1cnc(Cl)cc1NCC1CCC(CNC(=O)OC(C)(C)C)CC1. The molecule has 0 unspecified atom stereocenters. The summed E-state index contributed by atoms with van der Waals surface area (Å²) in [5, 5.41) is 6.61. The first-order valence-electron chi connectivity index (χ1n) is 9.51. The van der Waals surface area contributed by atoms with Crippen LogP contribution in [0, 0.1) is 11.8 Å². The third-order valence-electron chi connectivity index (χ3n) is 4.73. The highest BCUT2D eigenvalue weighted by atomic mass is 35.5. The lowest BCUT2D eigenvalue weighted by molar-refractivity contribution is 0.0513. The molecule has 0 aromatic carbocycles. The van der Waals surface area contributed by atoms with Crippen LogP contribution in [0.2, 0.25) is 5.15 Å². The van der Waals surface area contributed by atoms with Crippen LogP contribution in [0.1, 0.15) is 63.7 Å². The first-order chi connectivity index (χ1) is 12.6. The van der Waals surface area contributed by atoms with Crippen LogP contribution in [0.15, 0.2) is 12.3 Å². The van der Waals surface area contributed by atoms with Crippen molar-refractivity contribution >= 4 is 29.2 Å².